The Morgan fingerprint density at radius 3 is 2.81 bits per heavy atom. The van der Waals surface area contributed by atoms with E-state index < -0.39 is 0 Å². The average molecular weight is 284 g/mol. The van der Waals surface area contributed by atoms with Crippen LogP contribution in [0, 0.1) is 5.82 Å². The van der Waals surface area contributed by atoms with Gasteiger partial charge >= 0.3 is 0 Å². The van der Waals surface area contributed by atoms with Crippen LogP contribution in [0.1, 0.15) is 24.8 Å². The lowest BCUT2D eigenvalue weighted by molar-refractivity contribution is 0.105. The summed E-state index contributed by atoms with van der Waals surface area (Å²) < 4.78 is 20.4. The van der Waals surface area contributed by atoms with Crippen LogP contribution in [-0.2, 0) is 4.74 Å². The lowest BCUT2D eigenvalue weighted by atomic mass is 10.1. The fraction of sp³-hybridized carbons (Fsp3) is 0.267. The highest BCUT2D eigenvalue weighted by Gasteiger charge is 2.23. The zero-order valence-electron chi connectivity index (χ0n) is 11.2. The van der Waals surface area contributed by atoms with E-state index >= 15 is 0 Å². The maximum Gasteiger partial charge on any atom is 0.253 e. The molecule has 0 aliphatic carbocycles. The number of nitrogens with zero attached hydrogens (tertiary/aromatic N) is 4. The average Bonchev–Trinajstić information content (AvgIpc) is 3.16. The Balaban J connectivity index is 1.83. The van der Waals surface area contributed by atoms with Gasteiger partial charge in [0.05, 0.1) is 5.69 Å². The summed E-state index contributed by atoms with van der Waals surface area (Å²) >= 11 is 0. The zero-order valence-corrected chi connectivity index (χ0v) is 11.2. The van der Waals surface area contributed by atoms with Gasteiger partial charge in [-0.25, -0.2) is 9.37 Å². The molecule has 21 heavy (non-hydrogen) atoms. The Morgan fingerprint density at radius 1 is 1.19 bits per heavy atom. The minimum absolute atomic E-state index is 0.0484. The molecule has 3 heterocycles. The van der Waals surface area contributed by atoms with E-state index in [1.165, 1.54) is 12.1 Å². The van der Waals surface area contributed by atoms with Crippen LogP contribution in [0.4, 0.5) is 4.39 Å². The Labute approximate surface area is 120 Å². The molecule has 0 N–H and O–H groups in total. The van der Waals surface area contributed by atoms with Crippen molar-refractivity contribution < 1.29 is 9.13 Å². The third-order valence-electron chi connectivity index (χ3n) is 3.61. The van der Waals surface area contributed by atoms with Gasteiger partial charge in [-0.15, -0.1) is 5.10 Å². The fourth-order valence-electron chi connectivity index (χ4n) is 2.57. The molecule has 1 atom stereocenters. The SMILES string of the molecule is Fc1ccc(-c2ccnc3nc([C@H]4CCCO4)nn23)cc1. The summed E-state index contributed by atoms with van der Waals surface area (Å²) in [5, 5.41) is 4.52. The number of aromatic nitrogens is 4. The number of hydrogen-bond acceptors (Lipinski definition) is 4. The van der Waals surface area contributed by atoms with Crippen molar-refractivity contribution in [2.45, 2.75) is 18.9 Å². The maximum atomic E-state index is 13.1. The van der Waals surface area contributed by atoms with Crippen molar-refractivity contribution >= 4 is 5.78 Å². The van der Waals surface area contributed by atoms with Crippen molar-refractivity contribution in [1.29, 1.82) is 0 Å². The summed E-state index contributed by atoms with van der Waals surface area (Å²) in [6.07, 6.45) is 3.59. The van der Waals surface area contributed by atoms with Crippen molar-refractivity contribution in [2.75, 3.05) is 6.61 Å². The number of halogens is 1. The first-order valence-corrected chi connectivity index (χ1v) is 6.90. The highest BCUT2D eigenvalue weighted by Crippen LogP contribution is 2.27. The molecule has 1 aromatic carbocycles. The molecule has 0 unspecified atom stereocenters. The first-order chi connectivity index (χ1) is 10.3. The minimum Gasteiger partial charge on any atom is -0.370 e. The molecule has 4 rings (SSSR count). The van der Waals surface area contributed by atoms with Gasteiger partial charge in [-0.1, -0.05) is 0 Å². The number of ether oxygens (including phenoxy) is 1. The van der Waals surface area contributed by atoms with Crippen LogP contribution in [0.5, 0.6) is 0 Å². The first kappa shape index (κ1) is 12.4. The second-order valence-electron chi connectivity index (χ2n) is 5.02. The molecular formula is C15H13FN4O. The monoisotopic (exact) mass is 284 g/mol. The summed E-state index contributed by atoms with van der Waals surface area (Å²) in [7, 11) is 0. The van der Waals surface area contributed by atoms with Gasteiger partial charge in [-0.05, 0) is 43.2 Å². The van der Waals surface area contributed by atoms with E-state index in [-0.39, 0.29) is 11.9 Å². The van der Waals surface area contributed by atoms with E-state index in [2.05, 4.69) is 15.1 Å². The summed E-state index contributed by atoms with van der Waals surface area (Å²) in [5.41, 5.74) is 1.70. The highest BCUT2D eigenvalue weighted by atomic mass is 19.1. The second-order valence-corrected chi connectivity index (χ2v) is 5.02. The quantitative estimate of drug-likeness (QED) is 0.726. The smallest absolute Gasteiger partial charge is 0.253 e. The number of rotatable bonds is 2. The van der Waals surface area contributed by atoms with Gasteiger partial charge in [0.2, 0.25) is 0 Å². The predicted molar refractivity (Wildman–Crippen MR) is 74.1 cm³/mol. The van der Waals surface area contributed by atoms with E-state index in [0.717, 1.165) is 30.7 Å². The number of hydrogen-bond donors (Lipinski definition) is 0. The Morgan fingerprint density at radius 2 is 2.05 bits per heavy atom. The molecule has 1 aliphatic heterocycles. The van der Waals surface area contributed by atoms with Crippen molar-refractivity contribution in [3.05, 3.63) is 48.2 Å². The molecule has 0 amide bonds. The Hall–Kier alpha value is -2.34. The first-order valence-electron chi connectivity index (χ1n) is 6.90. The molecule has 0 radical (unpaired) electrons. The van der Waals surface area contributed by atoms with Crippen molar-refractivity contribution in [3.63, 3.8) is 0 Å². The molecule has 1 saturated heterocycles. The van der Waals surface area contributed by atoms with Gasteiger partial charge in [-0.3, -0.25) is 0 Å². The van der Waals surface area contributed by atoms with Crippen LogP contribution in [0.3, 0.4) is 0 Å². The van der Waals surface area contributed by atoms with Crippen LogP contribution in [-0.4, -0.2) is 26.2 Å². The van der Waals surface area contributed by atoms with Gasteiger partial charge < -0.3 is 4.74 Å². The topological polar surface area (TPSA) is 52.3 Å². The molecule has 5 nitrogen and oxygen atoms in total. The maximum absolute atomic E-state index is 13.1. The van der Waals surface area contributed by atoms with Crippen LogP contribution in [0.15, 0.2) is 36.5 Å². The molecule has 0 bridgehead atoms. The third-order valence-corrected chi connectivity index (χ3v) is 3.61. The second kappa shape index (κ2) is 4.89. The Kier molecular flexibility index (Phi) is 2.89. The zero-order chi connectivity index (χ0) is 14.2. The third kappa shape index (κ3) is 2.17. The molecule has 106 valence electrons. The van der Waals surface area contributed by atoms with Gasteiger partial charge in [0, 0.05) is 18.4 Å². The molecular weight excluding hydrogens is 271 g/mol. The largest absolute Gasteiger partial charge is 0.370 e. The van der Waals surface area contributed by atoms with Gasteiger partial charge in [0.25, 0.3) is 5.78 Å². The summed E-state index contributed by atoms with van der Waals surface area (Å²) in [4.78, 5) is 8.68. The predicted octanol–water partition coefficient (Wildman–Crippen LogP) is 2.78. The van der Waals surface area contributed by atoms with E-state index in [4.69, 9.17) is 4.74 Å². The molecule has 3 aromatic rings. The number of fused-ring (bicyclic) bond motifs is 1. The standard InChI is InChI=1S/C15H13FN4O/c16-11-5-3-10(4-6-11)12-7-8-17-15-18-14(19-20(12)15)13-2-1-9-21-13/h3-8,13H,1-2,9H2/t13-/m1/s1. The summed E-state index contributed by atoms with van der Waals surface area (Å²) in [5.74, 6) is 0.930. The van der Waals surface area contributed by atoms with Crippen molar-refractivity contribution in [1.82, 2.24) is 19.6 Å². The van der Waals surface area contributed by atoms with Crippen LogP contribution >= 0.6 is 0 Å². The lowest BCUT2D eigenvalue weighted by Gasteiger charge is -2.04. The van der Waals surface area contributed by atoms with Crippen molar-refractivity contribution in [3.8, 4) is 11.3 Å². The fourth-order valence-corrected chi connectivity index (χ4v) is 2.57. The van der Waals surface area contributed by atoms with Crippen LogP contribution in [0.2, 0.25) is 0 Å². The lowest BCUT2D eigenvalue weighted by Crippen LogP contribution is -2.00. The van der Waals surface area contributed by atoms with E-state index in [1.54, 1.807) is 22.8 Å². The van der Waals surface area contributed by atoms with Gasteiger partial charge in [0.15, 0.2) is 5.82 Å². The summed E-state index contributed by atoms with van der Waals surface area (Å²) in [6.45, 7) is 0.748. The van der Waals surface area contributed by atoms with Crippen molar-refractivity contribution in [2.24, 2.45) is 0 Å². The van der Waals surface area contributed by atoms with Gasteiger partial charge in [0.1, 0.15) is 11.9 Å². The molecule has 2 aromatic heterocycles. The molecule has 0 saturated carbocycles. The van der Waals surface area contributed by atoms with Crippen LogP contribution < -0.4 is 0 Å². The molecule has 6 heteroatoms. The van der Waals surface area contributed by atoms with E-state index in [9.17, 15) is 4.39 Å². The van der Waals surface area contributed by atoms with Crippen LogP contribution in [0.25, 0.3) is 17.0 Å². The van der Waals surface area contributed by atoms with E-state index in [0.29, 0.717) is 11.6 Å². The molecule has 1 fully saturated rings. The Bertz CT molecular complexity index is 778. The normalized spacial score (nSPS) is 18.4. The number of benzene rings is 1. The van der Waals surface area contributed by atoms with E-state index in [1.807, 2.05) is 6.07 Å². The molecule has 0 spiro atoms. The highest BCUT2D eigenvalue weighted by molar-refractivity contribution is 5.61. The van der Waals surface area contributed by atoms with Gasteiger partial charge in [-0.2, -0.15) is 9.50 Å². The summed E-state index contributed by atoms with van der Waals surface area (Å²) in [6, 6.07) is 8.14. The molecule has 1 aliphatic rings. The minimum atomic E-state index is -0.261.